The first kappa shape index (κ1) is 10.3. The van der Waals surface area contributed by atoms with E-state index in [2.05, 4.69) is 4.90 Å². The Hall–Kier alpha value is -0.830. The number of hydrogen-bond acceptors (Lipinski definition) is 3. The fraction of sp³-hybridized carbons (Fsp3) is 0.700. The van der Waals surface area contributed by atoms with Crippen LogP contribution in [-0.2, 0) is 9.53 Å². The van der Waals surface area contributed by atoms with E-state index >= 15 is 0 Å². The van der Waals surface area contributed by atoms with Gasteiger partial charge in [0.05, 0.1) is 12.2 Å². The average molecular weight is 183 g/mol. The maximum atomic E-state index is 10.7. The Kier molecular flexibility index (Phi) is 3.48. The van der Waals surface area contributed by atoms with Crippen molar-refractivity contribution in [1.82, 2.24) is 4.90 Å². The number of ketones is 1. The molecule has 1 aliphatic heterocycles. The molecule has 0 aromatic heterocycles. The summed E-state index contributed by atoms with van der Waals surface area (Å²) in [6.07, 6.45) is 3.96. The van der Waals surface area contributed by atoms with E-state index in [1.807, 2.05) is 20.0 Å². The van der Waals surface area contributed by atoms with Gasteiger partial charge in [0.25, 0.3) is 0 Å². The minimum Gasteiger partial charge on any atom is -0.372 e. The summed E-state index contributed by atoms with van der Waals surface area (Å²) in [5.41, 5.74) is 0. The summed E-state index contributed by atoms with van der Waals surface area (Å²) in [6, 6.07) is 0. The molecule has 3 nitrogen and oxygen atoms in total. The lowest BCUT2D eigenvalue weighted by molar-refractivity contribution is -0.112. The van der Waals surface area contributed by atoms with Crippen LogP contribution in [-0.4, -0.2) is 36.0 Å². The number of carbonyl (C=O) groups is 1. The van der Waals surface area contributed by atoms with Gasteiger partial charge in [-0.15, -0.1) is 0 Å². The molecule has 0 aliphatic carbocycles. The predicted octanol–water partition coefficient (Wildman–Crippen LogP) is 1.20. The summed E-state index contributed by atoms with van der Waals surface area (Å²) in [4.78, 5) is 12.8. The molecule has 2 unspecified atom stereocenters. The molecule has 0 aromatic carbocycles. The van der Waals surface area contributed by atoms with Crippen LogP contribution in [0.15, 0.2) is 12.3 Å². The van der Waals surface area contributed by atoms with Crippen LogP contribution in [0.5, 0.6) is 0 Å². The third-order valence-electron chi connectivity index (χ3n) is 1.97. The molecule has 0 N–H and O–H groups in total. The molecule has 1 saturated heterocycles. The third-order valence-corrected chi connectivity index (χ3v) is 1.97. The average Bonchev–Trinajstić information content (AvgIpc) is 1.99. The second kappa shape index (κ2) is 4.42. The van der Waals surface area contributed by atoms with E-state index < -0.39 is 0 Å². The van der Waals surface area contributed by atoms with Crippen molar-refractivity contribution in [3.05, 3.63) is 12.3 Å². The first-order valence-electron chi connectivity index (χ1n) is 4.66. The summed E-state index contributed by atoms with van der Waals surface area (Å²) in [7, 11) is 0. The van der Waals surface area contributed by atoms with Gasteiger partial charge in [0, 0.05) is 19.3 Å². The molecule has 0 bridgehead atoms. The molecule has 0 saturated carbocycles. The summed E-state index contributed by atoms with van der Waals surface area (Å²) in [6.45, 7) is 7.39. The molecular weight excluding hydrogens is 166 g/mol. The van der Waals surface area contributed by atoms with Crippen LogP contribution in [0.2, 0.25) is 0 Å². The van der Waals surface area contributed by atoms with E-state index in [1.165, 1.54) is 0 Å². The highest BCUT2D eigenvalue weighted by atomic mass is 16.5. The van der Waals surface area contributed by atoms with Crippen molar-refractivity contribution >= 4 is 5.78 Å². The number of allylic oxidation sites excluding steroid dienone is 1. The number of rotatable bonds is 2. The topological polar surface area (TPSA) is 29.5 Å². The van der Waals surface area contributed by atoms with Crippen LogP contribution < -0.4 is 0 Å². The van der Waals surface area contributed by atoms with E-state index in [1.54, 1.807) is 13.0 Å². The smallest absolute Gasteiger partial charge is 0.154 e. The van der Waals surface area contributed by atoms with Crippen molar-refractivity contribution in [2.24, 2.45) is 0 Å². The molecule has 1 rings (SSSR count). The summed E-state index contributed by atoms with van der Waals surface area (Å²) in [5, 5.41) is 0. The minimum atomic E-state index is 0.0896. The van der Waals surface area contributed by atoms with E-state index in [4.69, 9.17) is 4.74 Å². The minimum absolute atomic E-state index is 0.0896. The molecular formula is C10H17NO2. The number of hydrogen-bond donors (Lipinski definition) is 0. The van der Waals surface area contributed by atoms with Crippen LogP contribution in [0.25, 0.3) is 0 Å². The molecule has 1 aliphatic rings. The molecule has 2 atom stereocenters. The van der Waals surface area contributed by atoms with Crippen LogP contribution in [0.4, 0.5) is 0 Å². The van der Waals surface area contributed by atoms with Crippen molar-refractivity contribution in [3.8, 4) is 0 Å². The maximum absolute atomic E-state index is 10.7. The Balaban J connectivity index is 2.46. The molecule has 0 spiro atoms. The molecule has 1 fully saturated rings. The summed E-state index contributed by atoms with van der Waals surface area (Å²) >= 11 is 0. The number of morpholine rings is 1. The number of nitrogens with zero attached hydrogens (tertiary/aromatic N) is 1. The second-order valence-corrected chi connectivity index (χ2v) is 3.64. The zero-order valence-corrected chi connectivity index (χ0v) is 8.49. The Bertz CT molecular complexity index is 203. The maximum Gasteiger partial charge on any atom is 0.154 e. The Morgan fingerprint density at radius 3 is 2.38 bits per heavy atom. The van der Waals surface area contributed by atoms with E-state index in [-0.39, 0.29) is 18.0 Å². The highest BCUT2D eigenvalue weighted by molar-refractivity contribution is 5.87. The number of ether oxygens (including phenoxy) is 1. The first-order valence-corrected chi connectivity index (χ1v) is 4.66. The summed E-state index contributed by atoms with van der Waals surface area (Å²) in [5.74, 6) is 0.0896. The fourth-order valence-corrected chi connectivity index (χ4v) is 1.55. The standard InChI is InChI=1S/C10H17NO2/c1-8(12)4-5-11-6-9(2)13-10(3)7-11/h4-5,9-10H,6-7H2,1-3H3. The number of carbonyl (C=O) groups excluding carboxylic acids is 1. The summed E-state index contributed by atoms with van der Waals surface area (Å²) < 4.78 is 5.56. The quantitative estimate of drug-likeness (QED) is 0.602. The van der Waals surface area contributed by atoms with Gasteiger partial charge in [-0.1, -0.05) is 0 Å². The van der Waals surface area contributed by atoms with E-state index in [0.717, 1.165) is 13.1 Å². The Morgan fingerprint density at radius 2 is 1.92 bits per heavy atom. The van der Waals surface area contributed by atoms with Crippen molar-refractivity contribution in [2.75, 3.05) is 13.1 Å². The molecule has 1 heterocycles. The Morgan fingerprint density at radius 1 is 1.38 bits per heavy atom. The molecule has 0 amide bonds. The van der Waals surface area contributed by atoms with Gasteiger partial charge in [0.15, 0.2) is 5.78 Å². The zero-order chi connectivity index (χ0) is 9.84. The van der Waals surface area contributed by atoms with E-state index in [9.17, 15) is 4.79 Å². The van der Waals surface area contributed by atoms with Crippen LogP contribution in [0.1, 0.15) is 20.8 Å². The van der Waals surface area contributed by atoms with Crippen molar-refractivity contribution in [2.45, 2.75) is 33.0 Å². The van der Waals surface area contributed by atoms with Gasteiger partial charge in [-0.05, 0) is 26.8 Å². The first-order chi connectivity index (χ1) is 6.08. The van der Waals surface area contributed by atoms with Crippen molar-refractivity contribution in [1.29, 1.82) is 0 Å². The molecule has 13 heavy (non-hydrogen) atoms. The van der Waals surface area contributed by atoms with Crippen LogP contribution >= 0.6 is 0 Å². The largest absolute Gasteiger partial charge is 0.372 e. The van der Waals surface area contributed by atoms with E-state index in [0.29, 0.717) is 0 Å². The van der Waals surface area contributed by atoms with Crippen molar-refractivity contribution < 1.29 is 9.53 Å². The van der Waals surface area contributed by atoms with Gasteiger partial charge in [0.1, 0.15) is 0 Å². The molecule has 0 radical (unpaired) electrons. The monoisotopic (exact) mass is 183 g/mol. The highest BCUT2D eigenvalue weighted by Crippen LogP contribution is 2.10. The zero-order valence-electron chi connectivity index (χ0n) is 8.49. The SMILES string of the molecule is CC(=O)C=CN1CC(C)OC(C)C1. The normalized spacial score (nSPS) is 29.6. The molecule has 74 valence electrons. The van der Waals surface area contributed by atoms with Gasteiger partial charge in [-0.2, -0.15) is 0 Å². The van der Waals surface area contributed by atoms with Crippen LogP contribution in [0, 0.1) is 0 Å². The second-order valence-electron chi connectivity index (χ2n) is 3.64. The van der Waals surface area contributed by atoms with Gasteiger partial charge >= 0.3 is 0 Å². The highest BCUT2D eigenvalue weighted by Gasteiger charge is 2.19. The van der Waals surface area contributed by atoms with Gasteiger partial charge in [0.2, 0.25) is 0 Å². The Labute approximate surface area is 79.4 Å². The van der Waals surface area contributed by atoms with Gasteiger partial charge in [-0.25, -0.2) is 0 Å². The lowest BCUT2D eigenvalue weighted by Crippen LogP contribution is -2.42. The third kappa shape index (κ3) is 3.59. The van der Waals surface area contributed by atoms with Gasteiger partial charge in [-0.3, -0.25) is 4.79 Å². The lowest BCUT2D eigenvalue weighted by atomic mass is 10.2. The predicted molar refractivity (Wildman–Crippen MR) is 51.4 cm³/mol. The van der Waals surface area contributed by atoms with Gasteiger partial charge < -0.3 is 9.64 Å². The molecule has 0 aromatic rings. The van der Waals surface area contributed by atoms with Crippen molar-refractivity contribution in [3.63, 3.8) is 0 Å². The lowest BCUT2D eigenvalue weighted by Gasteiger charge is -2.34. The fourth-order valence-electron chi connectivity index (χ4n) is 1.55. The van der Waals surface area contributed by atoms with Crippen LogP contribution in [0.3, 0.4) is 0 Å². The molecule has 3 heteroatoms.